The van der Waals surface area contributed by atoms with E-state index in [4.69, 9.17) is 11.6 Å². The standard InChI is InChI=1S/C16H21ClN4O3S/c1-18-25(23,24)21-12-2-9-6-16(22,7-10(9)3-12)14-4-11(17)5-15-13(14)8-19-20-15/h4-5,8-10,12,18,21-22H,2-3,6-7H2,1H3,(H,19,20)/t9-,10+,12-,16+. The molecule has 0 saturated heterocycles. The Morgan fingerprint density at radius 1 is 1.32 bits per heavy atom. The fraction of sp³-hybridized carbons (Fsp3) is 0.562. The minimum absolute atomic E-state index is 0.0784. The molecule has 4 rings (SSSR count). The Morgan fingerprint density at radius 3 is 2.64 bits per heavy atom. The number of H-pyrrole nitrogens is 1. The third-order valence-electron chi connectivity index (χ3n) is 5.66. The molecule has 0 bridgehead atoms. The van der Waals surface area contributed by atoms with Gasteiger partial charge in [-0.05, 0) is 55.2 Å². The zero-order chi connectivity index (χ0) is 17.8. The molecule has 2 fully saturated rings. The highest BCUT2D eigenvalue weighted by molar-refractivity contribution is 7.87. The fourth-order valence-electron chi connectivity index (χ4n) is 4.66. The lowest BCUT2D eigenvalue weighted by Gasteiger charge is -2.26. The number of fused-ring (bicyclic) bond motifs is 2. The summed E-state index contributed by atoms with van der Waals surface area (Å²) in [6.45, 7) is 0. The summed E-state index contributed by atoms with van der Waals surface area (Å²) in [6.07, 6.45) is 4.41. The molecule has 2 aliphatic rings. The van der Waals surface area contributed by atoms with E-state index in [2.05, 4.69) is 19.6 Å². The van der Waals surface area contributed by atoms with Gasteiger partial charge in [0.1, 0.15) is 0 Å². The zero-order valence-corrected chi connectivity index (χ0v) is 15.4. The Hall–Kier alpha value is -1.19. The van der Waals surface area contributed by atoms with Crippen molar-refractivity contribution in [1.29, 1.82) is 0 Å². The van der Waals surface area contributed by atoms with Crippen LogP contribution in [0.5, 0.6) is 0 Å². The molecule has 1 aromatic heterocycles. The number of benzene rings is 1. The second-order valence-corrected chi connectivity index (χ2v) is 9.33. The maximum atomic E-state index is 11.7. The van der Waals surface area contributed by atoms with Crippen LogP contribution >= 0.6 is 11.6 Å². The number of nitrogens with zero attached hydrogens (tertiary/aromatic N) is 1. The molecule has 2 aliphatic carbocycles. The summed E-state index contributed by atoms with van der Waals surface area (Å²) < 4.78 is 28.3. The molecule has 0 amide bonds. The van der Waals surface area contributed by atoms with Crippen molar-refractivity contribution in [2.45, 2.75) is 37.3 Å². The molecule has 0 spiro atoms. The van der Waals surface area contributed by atoms with Gasteiger partial charge in [-0.25, -0.2) is 4.72 Å². The van der Waals surface area contributed by atoms with Crippen LogP contribution in [-0.4, -0.2) is 36.8 Å². The number of hydrogen-bond donors (Lipinski definition) is 4. The summed E-state index contributed by atoms with van der Waals surface area (Å²) in [5.41, 5.74) is 0.674. The minimum atomic E-state index is -3.43. The van der Waals surface area contributed by atoms with Gasteiger partial charge in [0.05, 0.1) is 17.3 Å². The van der Waals surface area contributed by atoms with E-state index < -0.39 is 15.8 Å². The van der Waals surface area contributed by atoms with Crippen molar-refractivity contribution in [2.75, 3.05) is 7.05 Å². The summed E-state index contributed by atoms with van der Waals surface area (Å²) in [7, 11) is -2.04. The predicted octanol–water partition coefficient (Wildman–Crippen LogP) is 1.65. The predicted molar refractivity (Wildman–Crippen MR) is 95.4 cm³/mol. The van der Waals surface area contributed by atoms with E-state index in [1.54, 1.807) is 12.3 Å². The third kappa shape index (κ3) is 3.06. The SMILES string of the molecule is CNS(=O)(=O)N[C@@H]1C[C@@H]2C[C@@](O)(c3cc(Cl)cc4[nH]ncc34)C[C@@H]2C1. The molecule has 9 heteroatoms. The Kier molecular flexibility index (Phi) is 4.08. The van der Waals surface area contributed by atoms with E-state index in [1.165, 1.54) is 7.05 Å². The van der Waals surface area contributed by atoms with Crippen molar-refractivity contribution in [3.63, 3.8) is 0 Å². The first kappa shape index (κ1) is 17.2. The van der Waals surface area contributed by atoms with Crippen molar-refractivity contribution in [1.82, 2.24) is 19.6 Å². The van der Waals surface area contributed by atoms with Crippen molar-refractivity contribution in [3.8, 4) is 0 Å². The van der Waals surface area contributed by atoms with Crippen LogP contribution < -0.4 is 9.44 Å². The van der Waals surface area contributed by atoms with Crippen molar-refractivity contribution in [3.05, 3.63) is 28.9 Å². The Labute approximate surface area is 151 Å². The lowest BCUT2D eigenvalue weighted by molar-refractivity contribution is 0.0360. The quantitative estimate of drug-likeness (QED) is 0.642. The van der Waals surface area contributed by atoms with Crippen LogP contribution in [0.1, 0.15) is 31.2 Å². The van der Waals surface area contributed by atoms with Gasteiger partial charge in [0.25, 0.3) is 10.2 Å². The van der Waals surface area contributed by atoms with Crippen molar-refractivity contribution < 1.29 is 13.5 Å². The van der Waals surface area contributed by atoms with Gasteiger partial charge in [0.2, 0.25) is 0 Å². The van der Waals surface area contributed by atoms with E-state index in [0.29, 0.717) is 17.9 Å². The molecule has 25 heavy (non-hydrogen) atoms. The van der Waals surface area contributed by atoms with Gasteiger partial charge in [0, 0.05) is 23.5 Å². The van der Waals surface area contributed by atoms with Gasteiger partial charge >= 0.3 is 0 Å². The first-order chi connectivity index (χ1) is 11.8. The smallest absolute Gasteiger partial charge is 0.276 e. The normalized spacial score (nSPS) is 32.4. The first-order valence-electron chi connectivity index (χ1n) is 8.36. The number of hydrogen-bond acceptors (Lipinski definition) is 4. The van der Waals surface area contributed by atoms with Crippen molar-refractivity contribution in [2.24, 2.45) is 11.8 Å². The third-order valence-corrected chi connectivity index (χ3v) is 7.06. The van der Waals surface area contributed by atoms with Gasteiger partial charge in [-0.3, -0.25) is 5.10 Å². The van der Waals surface area contributed by atoms with E-state index in [1.807, 2.05) is 6.07 Å². The number of aliphatic hydroxyl groups is 1. The molecule has 136 valence electrons. The average Bonchev–Trinajstić information content (AvgIpc) is 3.19. The van der Waals surface area contributed by atoms with Crippen LogP contribution in [0.2, 0.25) is 5.02 Å². The lowest BCUT2D eigenvalue weighted by atomic mass is 9.87. The molecule has 1 heterocycles. The average molecular weight is 385 g/mol. The fourth-order valence-corrected chi connectivity index (χ4v) is 5.63. The zero-order valence-electron chi connectivity index (χ0n) is 13.8. The number of nitrogens with one attached hydrogen (secondary N) is 3. The van der Waals surface area contributed by atoms with Gasteiger partial charge in [-0.15, -0.1) is 0 Å². The van der Waals surface area contributed by atoms with Crippen LogP contribution in [0.3, 0.4) is 0 Å². The molecule has 0 aliphatic heterocycles. The maximum absolute atomic E-state index is 11.7. The van der Waals surface area contributed by atoms with Crippen molar-refractivity contribution >= 4 is 32.7 Å². The summed E-state index contributed by atoms with van der Waals surface area (Å²) >= 11 is 6.21. The highest BCUT2D eigenvalue weighted by Gasteiger charge is 2.50. The topological polar surface area (TPSA) is 107 Å². The van der Waals surface area contributed by atoms with Gasteiger partial charge in [0.15, 0.2) is 0 Å². The van der Waals surface area contributed by atoms with Gasteiger partial charge < -0.3 is 5.11 Å². The molecule has 0 radical (unpaired) electrons. The Balaban J connectivity index is 1.56. The van der Waals surface area contributed by atoms with Crippen LogP contribution in [0.25, 0.3) is 10.9 Å². The second kappa shape index (κ2) is 5.92. The number of aromatic amines is 1. The monoisotopic (exact) mass is 384 g/mol. The summed E-state index contributed by atoms with van der Waals surface area (Å²) in [5, 5.41) is 19.7. The maximum Gasteiger partial charge on any atom is 0.276 e. The second-order valence-electron chi connectivity index (χ2n) is 7.24. The Bertz CT molecular complexity index is 899. The van der Waals surface area contributed by atoms with E-state index in [-0.39, 0.29) is 17.9 Å². The summed E-state index contributed by atoms with van der Waals surface area (Å²) in [5.74, 6) is 0.575. The van der Waals surface area contributed by atoms with Gasteiger partial charge in [-0.2, -0.15) is 18.2 Å². The molecular weight excluding hydrogens is 364 g/mol. The summed E-state index contributed by atoms with van der Waals surface area (Å²) in [6, 6.07) is 3.54. The lowest BCUT2D eigenvalue weighted by Crippen LogP contribution is -2.40. The van der Waals surface area contributed by atoms with E-state index >= 15 is 0 Å². The van der Waals surface area contributed by atoms with Crippen LogP contribution in [0, 0.1) is 11.8 Å². The number of rotatable bonds is 4. The van der Waals surface area contributed by atoms with Crippen LogP contribution in [0.4, 0.5) is 0 Å². The molecule has 2 aromatic rings. The molecule has 4 N–H and O–H groups in total. The largest absolute Gasteiger partial charge is 0.385 e. The molecule has 1 aromatic carbocycles. The Morgan fingerprint density at radius 2 is 2.00 bits per heavy atom. The molecular formula is C16H21ClN4O3S. The summed E-state index contributed by atoms with van der Waals surface area (Å²) in [4.78, 5) is 0. The van der Waals surface area contributed by atoms with Gasteiger partial charge in [-0.1, -0.05) is 11.6 Å². The van der Waals surface area contributed by atoms with E-state index in [0.717, 1.165) is 29.3 Å². The van der Waals surface area contributed by atoms with Crippen LogP contribution in [0.15, 0.2) is 18.3 Å². The molecule has 0 unspecified atom stereocenters. The van der Waals surface area contributed by atoms with E-state index in [9.17, 15) is 13.5 Å². The first-order valence-corrected chi connectivity index (χ1v) is 10.2. The molecule has 4 atom stereocenters. The van der Waals surface area contributed by atoms with Crippen LogP contribution in [-0.2, 0) is 15.8 Å². The highest BCUT2D eigenvalue weighted by atomic mass is 35.5. The minimum Gasteiger partial charge on any atom is -0.385 e. The number of aromatic nitrogens is 2. The highest BCUT2D eigenvalue weighted by Crippen LogP contribution is 2.54. The molecule has 2 saturated carbocycles. The molecule has 7 nitrogen and oxygen atoms in total. The number of halogens is 1.